The van der Waals surface area contributed by atoms with E-state index in [-0.39, 0.29) is 23.2 Å². The van der Waals surface area contributed by atoms with Crippen molar-refractivity contribution >= 4 is 17.3 Å². The Morgan fingerprint density at radius 3 is 2.69 bits per heavy atom. The largest absolute Gasteiger partial charge is 0.399 e. The number of anilines is 2. The van der Waals surface area contributed by atoms with Gasteiger partial charge >= 0.3 is 0 Å². The highest BCUT2D eigenvalue weighted by Crippen LogP contribution is 2.33. The van der Waals surface area contributed by atoms with E-state index >= 15 is 0 Å². The van der Waals surface area contributed by atoms with E-state index in [2.05, 4.69) is 0 Å². The van der Waals surface area contributed by atoms with E-state index in [1.807, 2.05) is 0 Å². The first kappa shape index (κ1) is 10.4. The maximum absolute atomic E-state index is 13.1. The Kier molecular flexibility index (Phi) is 2.49. The third-order valence-electron chi connectivity index (χ3n) is 2.41. The molecule has 1 aromatic carbocycles. The van der Waals surface area contributed by atoms with Gasteiger partial charge in [-0.3, -0.25) is 4.79 Å². The number of hydrogen-bond donors (Lipinski definition) is 1. The van der Waals surface area contributed by atoms with Crippen molar-refractivity contribution in [2.45, 2.75) is 12.8 Å². The van der Waals surface area contributed by atoms with E-state index in [1.165, 1.54) is 6.07 Å². The number of halogens is 1. The van der Waals surface area contributed by atoms with Gasteiger partial charge in [-0.05, 0) is 31.0 Å². The van der Waals surface area contributed by atoms with Gasteiger partial charge in [0.2, 0.25) is 5.91 Å². The molecule has 4 nitrogen and oxygen atoms in total. The Morgan fingerprint density at radius 1 is 1.50 bits per heavy atom. The van der Waals surface area contributed by atoms with Crippen molar-refractivity contribution < 1.29 is 9.18 Å². The molecule has 0 aliphatic heterocycles. The Labute approximate surface area is 92.1 Å². The maximum atomic E-state index is 13.1. The molecule has 2 N–H and O–H groups in total. The van der Waals surface area contributed by atoms with Crippen LogP contribution >= 0.6 is 0 Å². The van der Waals surface area contributed by atoms with Crippen molar-refractivity contribution in [3.63, 3.8) is 0 Å². The number of nitriles is 1. The molecule has 0 unspecified atom stereocenters. The van der Waals surface area contributed by atoms with Gasteiger partial charge in [-0.25, -0.2) is 9.29 Å². The standard InChI is InChI=1S/C11H10FN3O/c12-8-3-9(14)5-10(4-8)15(6-13)11(16)7-1-2-7/h3-5,7H,1-2,14H2. The third-order valence-corrected chi connectivity index (χ3v) is 2.41. The molecule has 5 heteroatoms. The van der Waals surface area contributed by atoms with E-state index in [0.29, 0.717) is 0 Å². The molecule has 0 radical (unpaired) electrons. The topological polar surface area (TPSA) is 70.1 Å². The van der Waals surface area contributed by atoms with Crippen LogP contribution in [0.4, 0.5) is 15.8 Å². The molecule has 1 fully saturated rings. The highest BCUT2D eigenvalue weighted by molar-refractivity contribution is 5.99. The first-order valence-electron chi connectivity index (χ1n) is 4.91. The van der Waals surface area contributed by atoms with Crippen LogP contribution in [0, 0.1) is 23.2 Å². The van der Waals surface area contributed by atoms with Gasteiger partial charge in [-0.15, -0.1) is 0 Å². The molecular formula is C11H10FN3O. The predicted molar refractivity (Wildman–Crippen MR) is 56.6 cm³/mol. The second kappa shape index (κ2) is 3.81. The third kappa shape index (κ3) is 1.96. The predicted octanol–water partition coefficient (Wildman–Crippen LogP) is 1.63. The molecule has 1 aliphatic carbocycles. The number of carbonyl (C=O) groups is 1. The minimum Gasteiger partial charge on any atom is -0.399 e. The van der Waals surface area contributed by atoms with Gasteiger partial charge in [0.05, 0.1) is 5.69 Å². The highest BCUT2D eigenvalue weighted by atomic mass is 19.1. The highest BCUT2D eigenvalue weighted by Gasteiger charge is 2.34. The first-order chi connectivity index (χ1) is 7.61. The lowest BCUT2D eigenvalue weighted by Crippen LogP contribution is -2.27. The molecule has 0 saturated heterocycles. The quantitative estimate of drug-likeness (QED) is 0.467. The molecule has 0 atom stereocenters. The van der Waals surface area contributed by atoms with Gasteiger partial charge in [0, 0.05) is 11.6 Å². The molecule has 0 heterocycles. The lowest BCUT2D eigenvalue weighted by molar-refractivity contribution is -0.119. The second-order valence-corrected chi connectivity index (χ2v) is 3.79. The number of nitrogens with two attached hydrogens (primary N) is 1. The number of benzene rings is 1. The fourth-order valence-electron chi connectivity index (χ4n) is 1.47. The normalized spacial score (nSPS) is 14.2. The van der Waals surface area contributed by atoms with Crippen LogP contribution in [0.1, 0.15) is 12.8 Å². The van der Waals surface area contributed by atoms with Crippen LogP contribution in [0.5, 0.6) is 0 Å². The van der Waals surface area contributed by atoms with E-state index < -0.39 is 5.82 Å². The van der Waals surface area contributed by atoms with Gasteiger partial charge in [0.25, 0.3) is 0 Å². The summed E-state index contributed by atoms with van der Waals surface area (Å²) >= 11 is 0. The molecule has 1 saturated carbocycles. The van der Waals surface area contributed by atoms with Crippen LogP contribution in [-0.2, 0) is 4.79 Å². The van der Waals surface area contributed by atoms with Crippen molar-refractivity contribution in [1.29, 1.82) is 5.26 Å². The number of amides is 1. The van der Waals surface area contributed by atoms with Gasteiger partial charge in [-0.1, -0.05) is 0 Å². The summed E-state index contributed by atoms with van der Waals surface area (Å²) in [5.74, 6) is -0.935. The van der Waals surface area contributed by atoms with E-state index in [0.717, 1.165) is 29.9 Å². The zero-order valence-electron chi connectivity index (χ0n) is 8.48. The Bertz CT molecular complexity index is 456. The van der Waals surface area contributed by atoms with Crippen LogP contribution in [0.3, 0.4) is 0 Å². The van der Waals surface area contributed by atoms with Crippen LogP contribution in [0.2, 0.25) is 0 Å². The molecule has 82 valence electrons. The second-order valence-electron chi connectivity index (χ2n) is 3.79. The van der Waals surface area contributed by atoms with Crippen molar-refractivity contribution in [2.24, 2.45) is 5.92 Å². The van der Waals surface area contributed by atoms with Gasteiger partial charge < -0.3 is 5.73 Å². The lowest BCUT2D eigenvalue weighted by atomic mass is 10.2. The maximum Gasteiger partial charge on any atom is 0.243 e. The summed E-state index contributed by atoms with van der Waals surface area (Å²) < 4.78 is 13.1. The summed E-state index contributed by atoms with van der Waals surface area (Å²) in [5, 5.41) is 8.90. The molecule has 1 amide bonds. The average Bonchev–Trinajstić information content (AvgIpc) is 2.99. The van der Waals surface area contributed by atoms with Crippen molar-refractivity contribution in [3.8, 4) is 6.19 Å². The van der Waals surface area contributed by atoms with Crippen LogP contribution in [-0.4, -0.2) is 5.91 Å². The number of carbonyl (C=O) groups excluding carboxylic acids is 1. The van der Waals surface area contributed by atoms with E-state index in [1.54, 1.807) is 6.19 Å². The summed E-state index contributed by atoms with van der Waals surface area (Å²) in [6, 6.07) is 3.67. The zero-order valence-corrected chi connectivity index (χ0v) is 8.48. The van der Waals surface area contributed by atoms with Crippen LogP contribution in [0.15, 0.2) is 18.2 Å². The van der Waals surface area contributed by atoms with Crippen LogP contribution < -0.4 is 10.6 Å². The summed E-state index contributed by atoms with van der Waals surface area (Å²) in [5.41, 5.74) is 5.84. The molecule has 16 heavy (non-hydrogen) atoms. The number of nitrogen functional groups attached to an aromatic ring is 1. The van der Waals surface area contributed by atoms with E-state index in [4.69, 9.17) is 11.0 Å². The summed E-state index contributed by atoms with van der Waals surface area (Å²) in [7, 11) is 0. The lowest BCUT2D eigenvalue weighted by Gasteiger charge is -2.13. The SMILES string of the molecule is N#CN(C(=O)C1CC1)c1cc(N)cc(F)c1. The first-order valence-corrected chi connectivity index (χ1v) is 4.91. The molecule has 0 bridgehead atoms. The molecule has 2 rings (SSSR count). The molecule has 0 aromatic heterocycles. The fraction of sp³-hybridized carbons (Fsp3) is 0.273. The van der Waals surface area contributed by atoms with Crippen molar-refractivity contribution in [1.82, 2.24) is 0 Å². The Balaban J connectivity index is 2.33. The van der Waals surface area contributed by atoms with Gasteiger partial charge in [0.1, 0.15) is 5.82 Å². The molecule has 1 aromatic rings. The van der Waals surface area contributed by atoms with Gasteiger partial charge in [0.15, 0.2) is 6.19 Å². The fourth-order valence-corrected chi connectivity index (χ4v) is 1.47. The summed E-state index contributed by atoms with van der Waals surface area (Å²) in [4.78, 5) is 12.6. The number of hydrogen-bond acceptors (Lipinski definition) is 3. The zero-order chi connectivity index (χ0) is 11.7. The molecule has 1 aliphatic rings. The summed E-state index contributed by atoms with van der Waals surface area (Å²) in [6.45, 7) is 0. The van der Waals surface area contributed by atoms with Gasteiger partial charge in [-0.2, -0.15) is 5.26 Å². The van der Waals surface area contributed by atoms with Crippen molar-refractivity contribution in [3.05, 3.63) is 24.0 Å². The van der Waals surface area contributed by atoms with E-state index in [9.17, 15) is 9.18 Å². The Morgan fingerprint density at radius 2 is 2.19 bits per heavy atom. The minimum atomic E-state index is -0.557. The smallest absolute Gasteiger partial charge is 0.243 e. The number of nitrogens with zero attached hydrogens (tertiary/aromatic N) is 2. The summed E-state index contributed by atoms with van der Waals surface area (Å²) in [6.07, 6.45) is 3.34. The van der Waals surface area contributed by atoms with Crippen LogP contribution in [0.25, 0.3) is 0 Å². The monoisotopic (exact) mass is 219 g/mol. The number of rotatable bonds is 2. The molecule has 0 spiro atoms. The average molecular weight is 219 g/mol. The molecular weight excluding hydrogens is 209 g/mol. The Hall–Kier alpha value is -2.09. The minimum absolute atomic E-state index is 0.0934. The van der Waals surface area contributed by atoms with Crippen molar-refractivity contribution in [2.75, 3.05) is 10.6 Å².